The van der Waals surface area contributed by atoms with Crippen molar-refractivity contribution in [3.8, 4) is 0 Å². The molecule has 0 radical (unpaired) electrons. The number of H-pyrrole nitrogens is 1. The van der Waals surface area contributed by atoms with Crippen LogP contribution in [0, 0.1) is 6.92 Å². The number of halogens is 1. The summed E-state index contributed by atoms with van der Waals surface area (Å²) in [4.78, 5) is 16.6. The van der Waals surface area contributed by atoms with Crippen molar-refractivity contribution in [1.82, 2.24) is 9.97 Å². The Bertz CT molecular complexity index is 268. The number of hydrogen-bond acceptors (Lipinski definition) is 2. The van der Waals surface area contributed by atoms with Gasteiger partial charge in [-0.05, 0) is 18.5 Å². The summed E-state index contributed by atoms with van der Waals surface area (Å²) in [6.07, 6.45) is 1.43. The van der Waals surface area contributed by atoms with Crippen LogP contribution in [0.25, 0.3) is 0 Å². The van der Waals surface area contributed by atoms with Gasteiger partial charge >= 0.3 is 0 Å². The highest BCUT2D eigenvalue weighted by Crippen LogP contribution is 1.92. The molecule has 0 aliphatic rings. The van der Waals surface area contributed by atoms with Gasteiger partial charge in [0.1, 0.15) is 0 Å². The van der Waals surface area contributed by atoms with E-state index in [9.17, 15) is 4.79 Å². The lowest BCUT2D eigenvalue weighted by Gasteiger charge is -1.88. The van der Waals surface area contributed by atoms with Crippen LogP contribution in [0.2, 0.25) is 5.28 Å². The normalized spacial score (nSPS) is 9.56. The van der Waals surface area contributed by atoms with Crippen molar-refractivity contribution >= 4 is 11.6 Å². The van der Waals surface area contributed by atoms with E-state index in [4.69, 9.17) is 11.6 Å². The Morgan fingerprint density at radius 2 is 2.44 bits per heavy atom. The molecule has 0 aliphatic heterocycles. The summed E-state index contributed by atoms with van der Waals surface area (Å²) in [6.45, 7) is 1.67. The molecule has 0 spiro atoms. The average Bonchev–Trinajstić information content (AvgIpc) is 1.80. The van der Waals surface area contributed by atoms with Crippen molar-refractivity contribution in [3.63, 3.8) is 0 Å². The molecule has 0 unspecified atom stereocenters. The number of hydrogen-bond donors (Lipinski definition) is 1. The third-order valence-electron chi connectivity index (χ3n) is 0.946. The standard InChI is InChI=1S/C5H5ClN2O/c1-3-2-7-5(6)8-4(3)9/h2H,1H3,(H,7,8,9). The second-order valence-corrected chi connectivity index (χ2v) is 2.04. The van der Waals surface area contributed by atoms with Gasteiger partial charge in [-0.1, -0.05) is 0 Å². The van der Waals surface area contributed by atoms with Crippen LogP contribution in [-0.4, -0.2) is 9.97 Å². The molecule has 1 rings (SSSR count). The van der Waals surface area contributed by atoms with Crippen molar-refractivity contribution in [2.24, 2.45) is 0 Å². The molecule has 48 valence electrons. The van der Waals surface area contributed by atoms with Crippen LogP contribution in [0.1, 0.15) is 5.56 Å². The van der Waals surface area contributed by atoms with Crippen LogP contribution >= 0.6 is 11.6 Å². The summed E-state index contributed by atoms with van der Waals surface area (Å²) >= 11 is 5.35. The molecule has 0 aromatic carbocycles. The average molecular weight is 145 g/mol. The van der Waals surface area contributed by atoms with Crippen LogP contribution in [0.3, 0.4) is 0 Å². The molecule has 0 bridgehead atoms. The molecule has 0 saturated heterocycles. The predicted molar refractivity (Wildman–Crippen MR) is 34.6 cm³/mol. The van der Waals surface area contributed by atoms with Gasteiger partial charge in [-0.3, -0.25) is 9.78 Å². The topological polar surface area (TPSA) is 45.8 Å². The maximum atomic E-state index is 10.7. The van der Waals surface area contributed by atoms with Gasteiger partial charge in [-0.25, -0.2) is 4.98 Å². The highest BCUT2D eigenvalue weighted by molar-refractivity contribution is 6.28. The molecule has 4 heteroatoms. The molecular weight excluding hydrogens is 140 g/mol. The van der Waals surface area contributed by atoms with Crippen LogP contribution in [0.15, 0.2) is 11.0 Å². The maximum absolute atomic E-state index is 10.7. The lowest BCUT2D eigenvalue weighted by atomic mass is 10.4. The molecule has 1 aromatic heterocycles. The van der Waals surface area contributed by atoms with Gasteiger partial charge in [-0.15, -0.1) is 0 Å². The van der Waals surface area contributed by atoms with Gasteiger partial charge in [-0.2, -0.15) is 0 Å². The number of nitrogens with one attached hydrogen (secondary N) is 1. The van der Waals surface area contributed by atoms with E-state index in [-0.39, 0.29) is 10.8 Å². The summed E-state index contributed by atoms with van der Waals surface area (Å²) in [7, 11) is 0. The third-order valence-corrected chi connectivity index (χ3v) is 1.14. The van der Waals surface area contributed by atoms with E-state index in [2.05, 4.69) is 9.97 Å². The van der Waals surface area contributed by atoms with Crippen LogP contribution in [-0.2, 0) is 0 Å². The second-order valence-electron chi connectivity index (χ2n) is 1.69. The highest BCUT2D eigenvalue weighted by atomic mass is 35.5. The quantitative estimate of drug-likeness (QED) is 0.546. The highest BCUT2D eigenvalue weighted by Gasteiger charge is 1.91. The number of aryl methyl sites for hydroxylation is 1. The van der Waals surface area contributed by atoms with E-state index in [1.165, 1.54) is 6.20 Å². The minimum atomic E-state index is -0.185. The molecule has 1 aromatic rings. The number of aromatic amines is 1. The Hall–Kier alpha value is -0.830. The van der Waals surface area contributed by atoms with Gasteiger partial charge in [0.15, 0.2) is 0 Å². The van der Waals surface area contributed by atoms with Crippen LogP contribution in [0.4, 0.5) is 0 Å². The van der Waals surface area contributed by atoms with Crippen molar-refractivity contribution < 1.29 is 0 Å². The number of nitrogens with zero attached hydrogens (tertiary/aromatic N) is 1. The summed E-state index contributed by atoms with van der Waals surface area (Å²) in [5.41, 5.74) is 0.384. The first-order valence-corrected chi connectivity index (χ1v) is 2.79. The van der Waals surface area contributed by atoms with Gasteiger partial charge in [0, 0.05) is 11.8 Å². The molecule has 9 heavy (non-hydrogen) atoms. The first kappa shape index (κ1) is 6.29. The SMILES string of the molecule is Cc1cnc(Cl)[nH]c1=O. The van der Waals surface area contributed by atoms with E-state index < -0.39 is 0 Å². The molecule has 0 aliphatic carbocycles. The zero-order valence-electron chi connectivity index (χ0n) is 4.81. The minimum Gasteiger partial charge on any atom is -0.297 e. The largest absolute Gasteiger partial charge is 0.297 e. The molecule has 0 atom stereocenters. The maximum Gasteiger partial charge on any atom is 0.254 e. The summed E-state index contributed by atoms with van der Waals surface area (Å²) < 4.78 is 0. The monoisotopic (exact) mass is 144 g/mol. The first-order chi connectivity index (χ1) is 4.20. The Labute approximate surface area is 56.7 Å². The molecule has 0 amide bonds. The summed E-state index contributed by atoms with van der Waals surface area (Å²) in [5, 5.41) is 0.130. The summed E-state index contributed by atoms with van der Waals surface area (Å²) in [6, 6.07) is 0. The van der Waals surface area contributed by atoms with Crippen molar-refractivity contribution in [2.45, 2.75) is 6.92 Å². The lowest BCUT2D eigenvalue weighted by molar-refractivity contribution is 1.08. The van der Waals surface area contributed by atoms with Crippen molar-refractivity contribution in [2.75, 3.05) is 0 Å². The second kappa shape index (κ2) is 2.19. The van der Waals surface area contributed by atoms with Crippen LogP contribution in [0.5, 0.6) is 0 Å². The fourth-order valence-electron chi connectivity index (χ4n) is 0.437. The van der Waals surface area contributed by atoms with E-state index in [0.717, 1.165) is 0 Å². The number of rotatable bonds is 0. The van der Waals surface area contributed by atoms with Crippen molar-refractivity contribution in [1.29, 1.82) is 0 Å². The first-order valence-electron chi connectivity index (χ1n) is 2.41. The van der Waals surface area contributed by atoms with Gasteiger partial charge in [0.25, 0.3) is 5.56 Å². The Morgan fingerprint density at radius 3 is 2.89 bits per heavy atom. The van der Waals surface area contributed by atoms with Crippen molar-refractivity contribution in [3.05, 3.63) is 27.4 Å². The molecule has 0 saturated carbocycles. The van der Waals surface area contributed by atoms with Gasteiger partial charge in [0.05, 0.1) is 0 Å². The molecule has 0 fully saturated rings. The van der Waals surface area contributed by atoms with Gasteiger partial charge < -0.3 is 0 Å². The van der Waals surface area contributed by atoms with Crippen LogP contribution < -0.4 is 5.56 Å². The van der Waals surface area contributed by atoms with E-state index in [0.29, 0.717) is 5.56 Å². The minimum absolute atomic E-state index is 0.130. The zero-order valence-corrected chi connectivity index (χ0v) is 5.57. The Morgan fingerprint density at radius 1 is 1.78 bits per heavy atom. The lowest BCUT2D eigenvalue weighted by Crippen LogP contribution is -2.09. The van der Waals surface area contributed by atoms with Gasteiger partial charge in [0.2, 0.25) is 5.28 Å². The Balaban J connectivity index is 3.34. The number of aromatic nitrogens is 2. The fourth-order valence-corrected chi connectivity index (χ4v) is 0.571. The Kier molecular flexibility index (Phi) is 1.53. The smallest absolute Gasteiger partial charge is 0.254 e. The fraction of sp³-hybridized carbons (Fsp3) is 0.200. The molecule has 3 nitrogen and oxygen atoms in total. The molecular formula is C5H5ClN2O. The summed E-state index contributed by atoms with van der Waals surface area (Å²) in [5.74, 6) is 0. The van der Waals surface area contributed by atoms with E-state index in [1.54, 1.807) is 6.92 Å². The third kappa shape index (κ3) is 1.29. The molecule has 1 heterocycles. The molecule has 1 N–H and O–H groups in total. The predicted octanol–water partition coefficient (Wildman–Crippen LogP) is 0.732. The zero-order chi connectivity index (χ0) is 6.85. The van der Waals surface area contributed by atoms with E-state index >= 15 is 0 Å². The van der Waals surface area contributed by atoms with E-state index in [1.807, 2.05) is 0 Å².